The van der Waals surface area contributed by atoms with Crippen LogP contribution in [0.25, 0.3) is 0 Å². The van der Waals surface area contributed by atoms with Crippen molar-refractivity contribution in [1.82, 2.24) is 4.98 Å². The van der Waals surface area contributed by atoms with Crippen LogP contribution in [-0.2, 0) is 6.42 Å². The minimum Gasteiger partial charge on any atom is -0.477 e. The molecule has 0 saturated carbocycles. The summed E-state index contributed by atoms with van der Waals surface area (Å²) in [5.41, 5.74) is 1.78. The molecule has 1 aromatic heterocycles. The number of carbonyl (C=O) groups is 1. The van der Waals surface area contributed by atoms with E-state index in [2.05, 4.69) is 18.8 Å². The summed E-state index contributed by atoms with van der Waals surface area (Å²) in [5.74, 6) is -0.674. The molecule has 1 aromatic carbocycles. The average molecular weight is 324 g/mol. The highest BCUT2D eigenvalue weighted by molar-refractivity contribution is 7.13. The number of rotatable bonds is 6. The second kappa shape index (κ2) is 7.05. The Bertz CT molecular complexity index is 635. The zero-order chi connectivity index (χ0) is 15.4. The van der Waals surface area contributed by atoms with Crippen LogP contribution in [0.5, 0.6) is 0 Å². The lowest BCUT2D eigenvalue weighted by Crippen LogP contribution is -2.04. The molecule has 3 nitrogen and oxygen atoms in total. The maximum Gasteiger partial charge on any atom is 0.347 e. The van der Waals surface area contributed by atoms with E-state index < -0.39 is 5.97 Å². The minimum atomic E-state index is -0.883. The van der Waals surface area contributed by atoms with E-state index in [0.717, 1.165) is 29.1 Å². The highest BCUT2D eigenvalue weighted by Crippen LogP contribution is 2.31. The summed E-state index contributed by atoms with van der Waals surface area (Å²) in [4.78, 5) is 16.4. The molecule has 112 valence electrons. The van der Waals surface area contributed by atoms with Crippen LogP contribution in [0.4, 0.5) is 0 Å². The van der Waals surface area contributed by atoms with Crippen LogP contribution in [0, 0.1) is 0 Å². The molecule has 5 heteroatoms. The molecule has 0 amide bonds. The first kappa shape index (κ1) is 16.0. The van der Waals surface area contributed by atoms with E-state index in [1.54, 1.807) is 0 Å². The molecule has 0 aliphatic heterocycles. The van der Waals surface area contributed by atoms with Gasteiger partial charge < -0.3 is 5.11 Å². The lowest BCUT2D eigenvalue weighted by Gasteiger charge is -2.09. The molecule has 0 aliphatic carbocycles. The second-order valence-corrected chi connectivity index (χ2v) is 6.47. The summed E-state index contributed by atoms with van der Waals surface area (Å²) in [7, 11) is 0. The molecular weight excluding hydrogens is 306 g/mol. The summed E-state index contributed by atoms with van der Waals surface area (Å²) in [6.45, 7) is 4.13. The van der Waals surface area contributed by atoms with E-state index in [-0.39, 0.29) is 5.92 Å². The van der Waals surface area contributed by atoms with Gasteiger partial charge in [0, 0.05) is 17.4 Å². The Morgan fingerprint density at radius 3 is 2.67 bits per heavy atom. The van der Waals surface area contributed by atoms with Crippen molar-refractivity contribution in [2.75, 3.05) is 0 Å². The fourth-order valence-electron chi connectivity index (χ4n) is 2.38. The molecule has 0 unspecified atom stereocenters. The van der Waals surface area contributed by atoms with E-state index in [4.69, 9.17) is 11.6 Å². The van der Waals surface area contributed by atoms with Crippen molar-refractivity contribution >= 4 is 28.9 Å². The summed E-state index contributed by atoms with van der Waals surface area (Å²) in [6, 6.07) is 7.58. The zero-order valence-corrected chi connectivity index (χ0v) is 13.7. The van der Waals surface area contributed by atoms with E-state index in [0.29, 0.717) is 16.3 Å². The predicted octanol–water partition coefficient (Wildman–Crippen LogP) is 4.99. The van der Waals surface area contributed by atoms with E-state index in [1.165, 1.54) is 11.3 Å². The Hall–Kier alpha value is -1.39. The smallest absolute Gasteiger partial charge is 0.347 e. The third kappa shape index (κ3) is 3.83. The largest absolute Gasteiger partial charge is 0.477 e. The molecule has 1 heterocycles. The Morgan fingerprint density at radius 2 is 2.10 bits per heavy atom. The number of nitrogens with zero attached hydrogens (tertiary/aromatic N) is 1. The number of halogens is 1. The Morgan fingerprint density at radius 1 is 1.38 bits per heavy atom. The van der Waals surface area contributed by atoms with Gasteiger partial charge in [0.1, 0.15) is 4.88 Å². The van der Waals surface area contributed by atoms with Crippen molar-refractivity contribution in [3.8, 4) is 0 Å². The van der Waals surface area contributed by atoms with Crippen LogP contribution in [0.3, 0.4) is 0 Å². The van der Waals surface area contributed by atoms with Crippen molar-refractivity contribution in [3.05, 3.63) is 50.4 Å². The number of aromatic carboxylic acids is 1. The highest BCUT2D eigenvalue weighted by Gasteiger charge is 2.22. The van der Waals surface area contributed by atoms with Gasteiger partial charge in [-0.2, -0.15) is 0 Å². The fourth-order valence-corrected chi connectivity index (χ4v) is 3.62. The van der Waals surface area contributed by atoms with Gasteiger partial charge in [-0.05, 0) is 30.5 Å². The van der Waals surface area contributed by atoms with E-state index in [1.807, 2.05) is 24.3 Å². The molecule has 0 spiro atoms. The fraction of sp³-hybridized carbons (Fsp3) is 0.375. The van der Waals surface area contributed by atoms with Crippen LogP contribution in [0.2, 0.25) is 5.02 Å². The number of carboxylic acids is 1. The summed E-state index contributed by atoms with van der Waals surface area (Å²) in [5, 5.41) is 10.9. The first-order valence-electron chi connectivity index (χ1n) is 7.02. The SMILES string of the molecule is CCC(CC)c1nc(Cc2cccc(Cl)c2)sc1C(=O)O. The van der Waals surface area contributed by atoms with Gasteiger partial charge in [0.15, 0.2) is 0 Å². The normalized spacial score (nSPS) is 11.0. The van der Waals surface area contributed by atoms with E-state index >= 15 is 0 Å². The molecule has 21 heavy (non-hydrogen) atoms. The standard InChI is InChI=1S/C16H18ClNO2S/c1-3-11(4-2)14-15(16(19)20)21-13(18-14)9-10-6-5-7-12(17)8-10/h5-8,11H,3-4,9H2,1-2H3,(H,19,20). The van der Waals surface area contributed by atoms with Crippen molar-refractivity contribution in [1.29, 1.82) is 0 Å². The van der Waals surface area contributed by atoms with Gasteiger partial charge in [-0.25, -0.2) is 9.78 Å². The molecule has 0 atom stereocenters. The monoisotopic (exact) mass is 323 g/mol. The molecule has 0 saturated heterocycles. The maximum absolute atomic E-state index is 11.4. The van der Waals surface area contributed by atoms with Gasteiger partial charge in [0.2, 0.25) is 0 Å². The maximum atomic E-state index is 11.4. The van der Waals surface area contributed by atoms with Crippen LogP contribution < -0.4 is 0 Å². The third-order valence-electron chi connectivity index (χ3n) is 3.51. The lowest BCUT2D eigenvalue weighted by atomic mass is 9.98. The third-order valence-corrected chi connectivity index (χ3v) is 4.80. The number of benzene rings is 1. The van der Waals surface area contributed by atoms with Gasteiger partial charge in [0.25, 0.3) is 0 Å². The first-order valence-corrected chi connectivity index (χ1v) is 8.21. The van der Waals surface area contributed by atoms with Crippen LogP contribution in [0.15, 0.2) is 24.3 Å². The zero-order valence-electron chi connectivity index (χ0n) is 12.1. The molecule has 0 aliphatic rings. The van der Waals surface area contributed by atoms with Gasteiger partial charge >= 0.3 is 5.97 Å². The number of aromatic nitrogens is 1. The molecule has 2 rings (SSSR count). The number of carboxylic acid groups (broad SMARTS) is 1. The van der Waals surface area contributed by atoms with Crippen LogP contribution >= 0.6 is 22.9 Å². The van der Waals surface area contributed by atoms with Crippen molar-refractivity contribution in [2.24, 2.45) is 0 Å². The van der Waals surface area contributed by atoms with Gasteiger partial charge in [-0.3, -0.25) is 0 Å². The summed E-state index contributed by atoms with van der Waals surface area (Å²) >= 11 is 7.26. The average Bonchev–Trinajstić information content (AvgIpc) is 2.84. The van der Waals surface area contributed by atoms with Crippen LogP contribution in [-0.4, -0.2) is 16.1 Å². The van der Waals surface area contributed by atoms with Crippen molar-refractivity contribution in [3.63, 3.8) is 0 Å². The molecule has 1 N–H and O–H groups in total. The summed E-state index contributed by atoms with van der Waals surface area (Å²) in [6.07, 6.45) is 2.42. The number of hydrogen-bond acceptors (Lipinski definition) is 3. The molecular formula is C16H18ClNO2S. The Balaban J connectivity index is 2.33. The molecule has 2 aromatic rings. The quantitative estimate of drug-likeness (QED) is 0.814. The molecule has 0 radical (unpaired) electrons. The second-order valence-electron chi connectivity index (χ2n) is 4.95. The van der Waals surface area contributed by atoms with Gasteiger partial charge in [0.05, 0.1) is 10.7 Å². The predicted molar refractivity (Wildman–Crippen MR) is 86.7 cm³/mol. The topological polar surface area (TPSA) is 50.2 Å². The molecule has 0 fully saturated rings. The van der Waals surface area contributed by atoms with Crippen molar-refractivity contribution in [2.45, 2.75) is 39.0 Å². The van der Waals surface area contributed by atoms with E-state index in [9.17, 15) is 9.90 Å². The van der Waals surface area contributed by atoms with Crippen LogP contribution in [0.1, 0.15) is 58.5 Å². The lowest BCUT2D eigenvalue weighted by molar-refractivity contribution is 0.0700. The minimum absolute atomic E-state index is 0.209. The highest BCUT2D eigenvalue weighted by atomic mass is 35.5. The first-order chi connectivity index (χ1) is 10.0. The van der Waals surface area contributed by atoms with Gasteiger partial charge in [-0.15, -0.1) is 11.3 Å². The number of hydrogen-bond donors (Lipinski definition) is 1. The summed E-state index contributed by atoms with van der Waals surface area (Å²) < 4.78 is 0. The number of thiazole rings is 1. The Labute approximate surface area is 133 Å². The van der Waals surface area contributed by atoms with Crippen molar-refractivity contribution < 1.29 is 9.90 Å². The molecule has 0 bridgehead atoms. The van der Waals surface area contributed by atoms with Gasteiger partial charge in [-0.1, -0.05) is 37.6 Å². The Kier molecular flexibility index (Phi) is 5.37.